The van der Waals surface area contributed by atoms with Gasteiger partial charge in [-0.05, 0) is 37.5 Å². The highest BCUT2D eigenvalue weighted by atomic mass is 35.5. The molecule has 2 aromatic heterocycles. The Balaban J connectivity index is 0.00000156. The third kappa shape index (κ3) is 2.71. The Morgan fingerprint density at radius 2 is 1.87 bits per heavy atom. The Kier molecular flexibility index (Phi) is 4.08. The summed E-state index contributed by atoms with van der Waals surface area (Å²) < 4.78 is 5.43. The predicted molar refractivity (Wildman–Crippen MR) is 91.4 cm³/mol. The number of pyridine rings is 1. The molecule has 23 heavy (non-hydrogen) atoms. The van der Waals surface area contributed by atoms with Crippen molar-refractivity contribution in [1.29, 1.82) is 0 Å². The van der Waals surface area contributed by atoms with Gasteiger partial charge >= 0.3 is 0 Å². The number of halogens is 1. The molecule has 0 saturated heterocycles. The summed E-state index contributed by atoms with van der Waals surface area (Å²) in [5.41, 5.74) is 8.73. The summed E-state index contributed by atoms with van der Waals surface area (Å²) in [6, 6.07) is 10.0. The highest BCUT2D eigenvalue weighted by Crippen LogP contribution is 2.35. The van der Waals surface area contributed by atoms with E-state index in [4.69, 9.17) is 10.3 Å². The van der Waals surface area contributed by atoms with Gasteiger partial charge in [-0.25, -0.2) is 4.98 Å². The molecule has 4 rings (SSSR count). The third-order valence-corrected chi connectivity index (χ3v) is 4.51. The Morgan fingerprint density at radius 1 is 1.13 bits per heavy atom. The van der Waals surface area contributed by atoms with Gasteiger partial charge in [-0.3, -0.25) is 0 Å². The van der Waals surface area contributed by atoms with Gasteiger partial charge in [-0.15, -0.1) is 12.4 Å². The zero-order valence-corrected chi connectivity index (χ0v) is 13.8. The summed E-state index contributed by atoms with van der Waals surface area (Å²) in [7, 11) is 0. The van der Waals surface area contributed by atoms with Crippen molar-refractivity contribution in [3.05, 3.63) is 41.7 Å². The van der Waals surface area contributed by atoms with E-state index >= 15 is 0 Å². The fourth-order valence-corrected chi connectivity index (χ4v) is 3.22. The minimum Gasteiger partial charge on any atom is -0.332 e. The number of nitrogens with zero attached hydrogens (tertiary/aromatic N) is 3. The molecule has 1 aliphatic rings. The molecule has 1 aliphatic carbocycles. The first-order valence-corrected chi connectivity index (χ1v) is 7.66. The van der Waals surface area contributed by atoms with Crippen LogP contribution in [0.5, 0.6) is 0 Å². The van der Waals surface area contributed by atoms with E-state index < -0.39 is 5.54 Å². The Labute approximate surface area is 140 Å². The highest BCUT2D eigenvalue weighted by Gasteiger charge is 2.36. The maximum atomic E-state index is 6.39. The molecule has 0 bridgehead atoms. The van der Waals surface area contributed by atoms with Crippen LogP contribution in [0.1, 0.15) is 37.1 Å². The molecule has 0 radical (unpaired) electrons. The second-order valence-electron chi connectivity index (χ2n) is 6.13. The van der Waals surface area contributed by atoms with Gasteiger partial charge in [0.1, 0.15) is 5.69 Å². The molecule has 0 unspecified atom stereocenters. The monoisotopic (exact) mass is 330 g/mol. The fourth-order valence-electron chi connectivity index (χ4n) is 3.22. The Bertz CT molecular complexity index is 839. The van der Waals surface area contributed by atoms with E-state index in [1.807, 2.05) is 24.3 Å². The van der Waals surface area contributed by atoms with Crippen LogP contribution in [0.3, 0.4) is 0 Å². The molecular formula is C17H19ClN4O. The molecule has 5 nitrogen and oxygen atoms in total. The number of rotatable bonds is 2. The van der Waals surface area contributed by atoms with Crippen LogP contribution in [-0.4, -0.2) is 15.1 Å². The summed E-state index contributed by atoms with van der Waals surface area (Å²) in [4.78, 5) is 9.15. The number of hydrogen-bond acceptors (Lipinski definition) is 5. The molecule has 0 spiro atoms. The van der Waals surface area contributed by atoms with E-state index in [-0.39, 0.29) is 12.4 Å². The number of hydrogen-bond donors (Lipinski definition) is 1. The van der Waals surface area contributed by atoms with Crippen molar-refractivity contribution in [3.63, 3.8) is 0 Å². The first-order chi connectivity index (χ1) is 10.7. The van der Waals surface area contributed by atoms with Gasteiger partial charge in [0.15, 0.2) is 5.82 Å². The maximum absolute atomic E-state index is 6.39. The normalized spacial score (nSPS) is 16.4. The second-order valence-corrected chi connectivity index (χ2v) is 6.13. The van der Waals surface area contributed by atoms with Crippen molar-refractivity contribution < 1.29 is 4.52 Å². The SMILES string of the molecule is Cc1cc(-c2nc(C3(N)CCCC3)no2)nc2ccccc12.Cl. The minimum absolute atomic E-state index is 0. The molecule has 120 valence electrons. The fraction of sp³-hybridized carbons (Fsp3) is 0.353. The van der Waals surface area contributed by atoms with Crippen LogP contribution in [0.15, 0.2) is 34.9 Å². The summed E-state index contributed by atoms with van der Waals surface area (Å²) in [6.45, 7) is 2.06. The smallest absolute Gasteiger partial charge is 0.276 e. The first-order valence-electron chi connectivity index (χ1n) is 7.66. The first kappa shape index (κ1) is 15.9. The molecule has 2 heterocycles. The predicted octanol–water partition coefficient (Wildman–Crippen LogP) is 3.74. The van der Waals surface area contributed by atoms with Gasteiger partial charge in [0.05, 0.1) is 11.1 Å². The molecule has 1 saturated carbocycles. The van der Waals surface area contributed by atoms with Crippen molar-refractivity contribution in [2.24, 2.45) is 5.73 Å². The average molecular weight is 331 g/mol. The van der Waals surface area contributed by atoms with Crippen LogP contribution in [0, 0.1) is 6.92 Å². The van der Waals surface area contributed by atoms with E-state index in [9.17, 15) is 0 Å². The third-order valence-electron chi connectivity index (χ3n) is 4.51. The van der Waals surface area contributed by atoms with E-state index in [2.05, 4.69) is 28.1 Å². The Hall–Kier alpha value is -1.98. The minimum atomic E-state index is -0.437. The second kappa shape index (κ2) is 5.91. The lowest BCUT2D eigenvalue weighted by atomic mass is 9.99. The summed E-state index contributed by atoms with van der Waals surface area (Å²) in [5.74, 6) is 1.05. The summed E-state index contributed by atoms with van der Waals surface area (Å²) in [5, 5.41) is 5.24. The van der Waals surface area contributed by atoms with Crippen LogP contribution in [-0.2, 0) is 5.54 Å². The quantitative estimate of drug-likeness (QED) is 0.774. The number of para-hydroxylation sites is 1. The van der Waals surface area contributed by atoms with Gasteiger partial charge < -0.3 is 10.3 Å². The molecule has 0 atom stereocenters. The van der Waals surface area contributed by atoms with Crippen LogP contribution in [0.4, 0.5) is 0 Å². The number of aromatic nitrogens is 3. The van der Waals surface area contributed by atoms with Crippen molar-refractivity contribution in [1.82, 2.24) is 15.1 Å². The lowest BCUT2D eigenvalue weighted by molar-refractivity contribution is 0.372. The number of aryl methyl sites for hydroxylation is 1. The largest absolute Gasteiger partial charge is 0.332 e. The molecule has 0 amide bonds. The lowest BCUT2D eigenvalue weighted by Gasteiger charge is -2.17. The molecule has 6 heteroatoms. The number of fused-ring (bicyclic) bond motifs is 1. The van der Waals surface area contributed by atoms with Gasteiger partial charge in [-0.2, -0.15) is 4.98 Å². The summed E-state index contributed by atoms with van der Waals surface area (Å²) in [6.07, 6.45) is 4.06. The van der Waals surface area contributed by atoms with Crippen molar-refractivity contribution >= 4 is 23.3 Å². The molecule has 1 aromatic carbocycles. The van der Waals surface area contributed by atoms with Gasteiger partial charge in [0.2, 0.25) is 0 Å². The lowest BCUT2D eigenvalue weighted by Crippen LogP contribution is -2.34. The zero-order valence-electron chi connectivity index (χ0n) is 13.0. The van der Waals surface area contributed by atoms with E-state index in [0.29, 0.717) is 17.4 Å². The van der Waals surface area contributed by atoms with Crippen LogP contribution < -0.4 is 5.73 Å². The maximum Gasteiger partial charge on any atom is 0.276 e. The van der Waals surface area contributed by atoms with E-state index in [0.717, 1.165) is 42.1 Å². The highest BCUT2D eigenvalue weighted by molar-refractivity contribution is 5.85. The van der Waals surface area contributed by atoms with E-state index in [1.54, 1.807) is 0 Å². The Morgan fingerprint density at radius 3 is 2.65 bits per heavy atom. The van der Waals surface area contributed by atoms with Crippen LogP contribution in [0.2, 0.25) is 0 Å². The molecule has 1 fully saturated rings. The topological polar surface area (TPSA) is 77.8 Å². The van der Waals surface area contributed by atoms with Crippen molar-refractivity contribution in [3.8, 4) is 11.6 Å². The van der Waals surface area contributed by atoms with Crippen molar-refractivity contribution in [2.75, 3.05) is 0 Å². The van der Waals surface area contributed by atoms with E-state index in [1.165, 1.54) is 0 Å². The standard InChI is InChI=1S/C17H18N4O.ClH/c1-11-10-14(19-13-7-3-2-6-12(11)13)15-20-16(21-22-15)17(18)8-4-5-9-17;/h2-3,6-7,10H,4-5,8-9,18H2,1H3;1H. The van der Waals surface area contributed by atoms with Crippen molar-refractivity contribution in [2.45, 2.75) is 38.1 Å². The zero-order chi connectivity index (χ0) is 15.2. The average Bonchev–Trinajstić information content (AvgIpc) is 3.17. The van der Waals surface area contributed by atoms with Crippen LogP contribution >= 0.6 is 12.4 Å². The molecule has 0 aliphatic heterocycles. The van der Waals surface area contributed by atoms with Gasteiger partial charge in [0.25, 0.3) is 5.89 Å². The van der Waals surface area contributed by atoms with Crippen LogP contribution in [0.25, 0.3) is 22.5 Å². The summed E-state index contributed by atoms with van der Waals surface area (Å²) >= 11 is 0. The number of nitrogens with two attached hydrogens (primary N) is 1. The molecule has 3 aromatic rings. The van der Waals surface area contributed by atoms with Gasteiger partial charge in [-0.1, -0.05) is 36.2 Å². The molecular weight excluding hydrogens is 312 g/mol. The number of benzene rings is 1. The molecule has 2 N–H and O–H groups in total. The van der Waals surface area contributed by atoms with Gasteiger partial charge in [0, 0.05) is 5.39 Å².